The van der Waals surface area contributed by atoms with E-state index in [9.17, 15) is 0 Å². The van der Waals surface area contributed by atoms with Crippen LogP contribution in [0.3, 0.4) is 0 Å². The molecule has 1 fully saturated rings. The lowest BCUT2D eigenvalue weighted by Crippen LogP contribution is -1.95. The number of nitrogens with zero attached hydrogens (tertiary/aromatic N) is 3. The van der Waals surface area contributed by atoms with Crippen molar-refractivity contribution >= 4 is 22.6 Å². The van der Waals surface area contributed by atoms with Crippen LogP contribution in [-0.2, 0) is 0 Å². The smallest absolute Gasteiger partial charge is 0.164 e. The minimum absolute atomic E-state index is 0.493. The Balaban J connectivity index is 2.24. The molecular weight excluding hydrogens is 210 g/mol. The highest BCUT2D eigenvalue weighted by Crippen LogP contribution is 2.39. The fourth-order valence-electron chi connectivity index (χ4n) is 1.70. The molecule has 1 aliphatic rings. The number of aromatic nitrogens is 3. The first-order chi connectivity index (χ1) is 7.24. The summed E-state index contributed by atoms with van der Waals surface area (Å²) in [6, 6.07) is 4.00. The van der Waals surface area contributed by atoms with Crippen LogP contribution in [-0.4, -0.2) is 15.0 Å². The second-order valence-electron chi connectivity index (χ2n) is 3.94. The van der Waals surface area contributed by atoms with Gasteiger partial charge >= 0.3 is 0 Å². The molecule has 2 aromatic heterocycles. The predicted octanol–water partition coefficient (Wildman–Crippen LogP) is 2.86. The number of fused-ring (bicyclic) bond motifs is 1. The normalized spacial score (nSPS) is 15.9. The fraction of sp³-hybridized carbons (Fsp3) is 0.364. The molecule has 0 amide bonds. The third kappa shape index (κ3) is 1.57. The van der Waals surface area contributed by atoms with Gasteiger partial charge in [0.1, 0.15) is 11.0 Å². The molecule has 2 aromatic rings. The predicted molar refractivity (Wildman–Crippen MR) is 59.1 cm³/mol. The quantitative estimate of drug-likeness (QED) is 0.693. The van der Waals surface area contributed by atoms with Gasteiger partial charge in [0.15, 0.2) is 5.65 Å². The Labute approximate surface area is 92.5 Å². The molecule has 0 radical (unpaired) electrons. The number of hydrogen-bond acceptors (Lipinski definition) is 3. The molecule has 15 heavy (non-hydrogen) atoms. The number of pyridine rings is 1. The number of halogens is 1. The maximum atomic E-state index is 6.02. The van der Waals surface area contributed by atoms with Crippen molar-refractivity contribution in [2.75, 3.05) is 0 Å². The minimum Gasteiger partial charge on any atom is -0.233 e. The highest BCUT2D eigenvalue weighted by atomic mass is 35.5. The maximum absolute atomic E-state index is 6.02. The topological polar surface area (TPSA) is 38.7 Å². The van der Waals surface area contributed by atoms with Crippen LogP contribution in [0.25, 0.3) is 11.0 Å². The Bertz CT molecular complexity index is 535. The molecule has 0 bridgehead atoms. The lowest BCUT2D eigenvalue weighted by atomic mass is 10.2. The van der Waals surface area contributed by atoms with E-state index in [1.54, 1.807) is 0 Å². The summed E-state index contributed by atoms with van der Waals surface area (Å²) in [5.41, 5.74) is 1.86. The third-order valence-corrected chi connectivity index (χ3v) is 2.93. The Morgan fingerprint density at radius 1 is 1.20 bits per heavy atom. The molecule has 2 heterocycles. The van der Waals surface area contributed by atoms with Crippen molar-refractivity contribution in [2.45, 2.75) is 25.7 Å². The summed E-state index contributed by atoms with van der Waals surface area (Å²) in [7, 11) is 0. The van der Waals surface area contributed by atoms with E-state index >= 15 is 0 Å². The second kappa shape index (κ2) is 3.14. The molecule has 0 spiro atoms. The summed E-state index contributed by atoms with van der Waals surface area (Å²) < 4.78 is 0. The molecule has 4 heteroatoms. The van der Waals surface area contributed by atoms with Crippen molar-refractivity contribution < 1.29 is 0 Å². The Kier molecular flexibility index (Phi) is 1.89. The lowest BCUT2D eigenvalue weighted by Gasteiger charge is -2.02. The second-order valence-corrected chi connectivity index (χ2v) is 4.30. The molecule has 3 rings (SSSR count). The van der Waals surface area contributed by atoms with E-state index in [1.807, 2.05) is 19.1 Å². The van der Waals surface area contributed by atoms with Gasteiger partial charge in [0, 0.05) is 11.6 Å². The van der Waals surface area contributed by atoms with Crippen molar-refractivity contribution in [3.63, 3.8) is 0 Å². The average molecular weight is 220 g/mol. The van der Waals surface area contributed by atoms with Crippen molar-refractivity contribution in [3.05, 3.63) is 28.8 Å². The van der Waals surface area contributed by atoms with Crippen LogP contribution in [0.5, 0.6) is 0 Å². The zero-order chi connectivity index (χ0) is 10.4. The Morgan fingerprint density at radius 2 is 2.00 bits per heavy atom. The van der Waals surface area contributed by atoms with Crippen molar-refractivity contribution in [1.82, 2.24) is 15.0 Å². The van der Waals surface area contributed by atoms with E-state index in [4.69, 9.17) is 11.6 Å². The summed E-state index contributed by atoms with van der Waals surface area (Å²) in [6.07, 6.45) is 2.49. The van der Waals surface area contributed by atoms with Crippen LogP contribution >= 0.6 is 11.6 Å². The molecule has 0 N–H and O–H groups in total. The van der Waals surface area contributed by atoms with Gasteiger partial charge in [-0.2, -0.15) is 0 Å². The van der Waals surface area contributed by atoms with E-state index in [2.05, 4.69) is 15.0 Å². The monoisotopic (exact) mass is 219 g/mol. The molecule has 1 saturated carbocycles. The van der Waals surface area contributed by atoms with E-state index in [1.165, 1.54) is 12.8 Å². The lowest BCUT2D eigenvalue weighted by molar-refractivity contribution is 1.01. The molecule has 0 saturated heterocycles. The number of rotatable bonds is 1. The van der Waals surface area contributed by atoms with Crippen LogP contribution in [0.2, 0.25) is 5.15 Å². The highest BCUT2D eigenvalue weighted by molar-refractivity contribution is 6.33. The van der Waals surface area contributed by atoms with Gasteiger partial charge in [0.25, 0.3) is 0 Å². The highest BCUT2D eigenvalue weighted by Gasteiger charge is 2.25. The first-order valence-electron chi connectivity index (χ1n) is 5.05. The van der Waals surface area contributed by atoms with Crippen LogP contribution in [0.15, 0.2) is 12.1 Å². The van der Waals surface area contributed by atoms with Gasteiger partial charge in [0.05, 0.1) is 5.39 Å². The summed E-state index contributed by atoms with van der Waals surface area (Å²) in [5, 5.41) is 1.33. The summed E-state index contributed by atoms with van der Waals surface area (Å²) >= 11 is 6.02. The van der Waals surface area contributed by atoms with E-state index in [0.717, 1.165) is 16.7 Å². The summed E-state index contributed by atoms with van der Waals surface area (Å²) in [6.45, 7) is 1.83. The van der Waals surface area contributed by atoms with Gasteiger partial charge in [-0.3, -0.25) is 0 Å². The fourth-order valence-corrected chi connectivity index (χ4v) is 1.97. The molecule has 76 valence electrons. The molecule has 0 unspecified atom stereocenters. The number of hydrogen-bond donors (Lipinski definition) is 0. The largest absolute Gasteiger partial charge is 0.233 e. The zero-order valence-corrected chi connectivity index (χ0v) is 9.12. The Hall–Kier alpha value is -1.22. The molecule has 0 aliphatic heterocycles. The SMILES string of the molecule is Cc1nc(Cl)c2ccc(C3CC3)nc2n1. The minimum atomic E-state index is 0.493. The van der Waals surface area contributed by atoms with Gasteiger partial charge in [-0.25, -0.2) is 15.0 Å². The first-order valence-corrected chi connectivity index (χ1v) is 5.42. The molecule has 1 aliphatic carbocycles. The maximum Gasteiger partial charge on any atom is 0.164 e. The van der Waals surface area contributed by atoms with Gasteiger partial charge in [-0.15, -0.1) is 0 Å². The van der Waals surface area contributed by atoms with Gasteiger partial charge in [-0.1, -0.05) is 11.6 Å². The molecule has 0 atom stereocenters. The Morgan fingerprint density at radius 3 is 2.73 bits per heavy atom. The van der Waals surface area contributed by atoms with E-state index in [0.29, 0.717) is 16.9 Å². The summed E-state index contributed by atoms with van der Waals surface area (Å²) in [4.78, 5) is 12.9. The molecule has 0 aromatic carbocycles. The van der Waals surface area contributed by atoms with Crippen molar-refractivity contribution in [1.29, 1.82) is 0 Å². The van der Waals surface area contributed by atoms with Crippen LogP contribution in [0.1, 0.15) is 30.3 Å². The molecule has 3 nitrogen and oxygen atoms in total. The van der Waals surface area contributed by atoms with Crippen molar-refractivity contribution in [2.24, 2.45) is 0 Å². The van der Waals surface area contributed by atoms with Gasteiger partial charge in [-0.05, 0) is 31.9 Å². The van der Waals surface area contributed by atoms with E-state index < -0.39 is 0 Å². The van der Waals surface area contributed by atoms with Gasteiger partial charge < -0.3 is 0 Å². The zero-order valence-electron chi connectivity index (χ0n) is 8.37. The van der Waals surface area contributed by atoms with Gasteiger partial charge in [0.2, 0.25) is 0 Å². The standard InChI is InChI=1S/C11H10ClN3/c1-6-13-10(12)8-4-5-9(7-2-3-7)15-11(8)14-6/h4-5,7H,2-3H2,1H3. The third-order valence-electron chi connectivity index (χ3n) is 2.64. The van der Waals surface area contributed by atoms with Crippen LogP contribution < -0.4 is 0 Å². The first kappa shape index (κ1) is 9.04. The van der Waals surface area contributed by atoms with Crippen molar-refractivity contribution in [3.8, 4) is 0 Å². The molecular formula is C11H10ClN3. The average Bonchev–Trinajstić information content (AvgIpc) is 2.99. The summed E-state index contributed by atoms with van der Waals surface area (Å²) in [5.74, 6) is 1.32. The van der Waals surface area contributed by atoms with E-state index in [-0.39, 0.29) is 0 Å². The van der Waals surface area contributed by atoms with Crippen LogP contribution in [0, 0.1) is 6.92 Å². The number of aryl methyl sites for hydroxylation is 1. The van der Waals surface area contributed by atoms with Crippen LogP contribution in [0.4, 0.5) is 0 Å².